The van der Waals surface area contributed by atoms with Crippen LogP contribution in [-0.4, -0.2) is 41.8 Å². The van der Waals surface area contributed by atoms with Gasteiger partial charge < -0.3 is 5.32 Å². The second-order valence-electron chi connectivity index (χ2n) is 7.30. The predicted octanol–water partition coefficient (Wildman–Crippen LogP) is 2.85. The van der Waals surface area contributed by atoms with E-state index < -0.39 is 12.0 Å². The van der Waals surface area contributed by atoms with Crippen LogP contribution in [0.3, 0.4) is 0 Å². The normalized spacial score (nSPS) is 11.8. The van der Waals surface area contributed by atoms with Crippen molar-refractivity contribution >= 4 is 11.7 Å². The summed E-state index contributed by atoms with van der Waals surface area (Å²) in [4.78, 5) is 20.0. The first-order valence-corrected chi connectivity index (χ1v) is 9.88. The van der Waals surface area contributed by atoms with Crippen LogP contribution in [0.4, 0.5) is 13.2 Å². The predicted molar refractivity (Wildman–Crippen MR) is 109 cm³/mol. The molecule has 0 spiro atoms. The molecular formula is C21H20F3N7O. The highest BCUT2D eigenvalue weighted by Gasteiger charge is 2.37. The maximum Gasteiger partial charge on any atom is 0.453 e. The van der Waals surface area contributed by atoms with Crippen LogP contribution in [0, 0.1) is 13.8 Å². The number of aryl methyl sites for hydroxylation is 2. The Hall–Kier alpha value is -3.76. The molecular weight excluding hydrogens is 423 g/mol. The van der Waals surface area contributed by atoms with E-state index in [-0.39, 0.29) is 18.1 Å². The van der Waals surface area contributed by atoms with Crippen molar-refractivity contribution in [2.75, 3.05) is 6.54 Å². The highest BCUT2D eigenvalue weighted by atomic mass is 19.4. The van der Waals surface area contributed by atoms with Crippen LogP contribution in [0.2, 0.25) is 0 Å². The molecule has 0 saturated heterocycles. The number of amides is 1. The number of hydrogen-bond donors (Lipinski definition) is 1. The quantitative estimate of drug-likeness (QED) is 0.495. The van der Waals surface area contributed by atoms with E-state index in [9.17, 15) is 18.0 Å². The molecule has 11 heteroatoms. The fraction of sp³-hybridized carbons (Fsp3) is 0.286. The second kappa shape index (κ2) is 8.40. The third kappa shape index (κ3) is 4.46. The Morgan fingerprint density at radius 3 is 2.53 bits per heavy atom. The zero-order valence-electron chi connectivity index (χ0n) is 17.4. The third-order valence-corrected chi connectivity index (χ3v) is 5.08. The van der Waals surface area contributed by atoms with Crippen LogP contribution < -0.4 is 5.32 Å². The zero-order chi connectivity index (χ0) is 22.9. The number of aromatic nitrogens is 6. The van der Waals surface area contributed by atoms with Crippen molar-refractivity contribution in [3.05, 3.63) is 71.1 Å². The van der Waals surface area contributed by atoms with Crippen LogP contribution in [0.25, 0.3) is 11.5 Å². The molecule has 1 aromatic carbocycles. The first-order chi connectivity index (χ1) is 15.2. The minimum atomic E-state index is -4.66. The summed E-state index contributed by atoms with van der Waals surface area (Å²) in [5.41, 5.74) is 3.37. The summed E-state index contributed by atoms with van der Waals surface area (Å²) in [6.07, 6.45) is -0.479. The number of rotatable bonds is 6. The van der Waals surface area contributed by atoms with E-state index in [1.807, 2.05) is 36.5 Å². The molecule has 3 heterocycles. The highest BCUT2D eigenvalue weighted by Crippen LogP contribution is 2.27. The van der Waals surface area contributed by atoms with E-state index in [0.29, 0.717) is 29.9 Å². The Kier molecular flexibility index (Phi) is 5.64. The van der Waals surface area contributed by atoms with Gasteiger partial charge in [-0.1, -0.05) is 12.1 Å². The van der Waals surface area contributed by atoms with Gasteiger partial charge in [0.15, 0.2) is 0 Å². The molecule has 0 atom stereocenters. The van der Waals surface area contributed by atoms with Crippen molar-refractivity contribution < 1.29 is 18.0 Å². The van der Waals surface area contributed by atoms with Gasteiger partial charge in [-0.15, -0.1) is 5.10 Å². The summed E-state index contributed by atoms with van der Waals surface area (Å²) in [5, 5.41) is 10.5. The van der Waals surface area contributed by atoms with Gasteiger partial charge >= 0.3 is 6.18 Å². The van der Waals surface area contributed by atoms with E-state index in [0.717, 1.165) is 15.8 Å². The number of alkyl halides is 3. The van der Waals surface area contributed by atoms with Gasteiger partial charge in [-0.3, -0.25) is 4.79 Å². The second-order valence-corrected chi connectivity index (χ2v) is 7.30. The Morgan fingerprint density at radius 2 is 1.88 bits per heavy atom. The SMILES string of the molecule is Cc1nc2nc(C(F)(F)F)nn2c(C)c1CC(=O)NCCc1ccc(-n2cccn2)cc1. The van der Waals surface area contributed by atoms with Gasteiger partial charge in [0.2, 0.25) is 5.91 Å². The number of nitrogens with zero attached hydrogens (tertiary/aromatic N) is 6. The van der Waals surface area contributed by atoms with Crippen LogP contribution >= 0.6 is 0 Å². The lowest BCUT2D eigenvalue weighted by Crippen LogP contribution is -2.28. The molecule has 0 saturated carbocycles. The fourth-order valence-electron chi connectivity index (χ4n) is 3.39. The third-order valence-electron chi connectivity index (χ3n) is 5.08. The standard InChI is InChI=1S/C21H20F3N7O/c1-13-17(14(2)31-20(27-13)28-19(29-31)21(22,23)24)12-18(32)25-10-8-15-4-6-16(7-5-15)30-11-3-9-26-30/h3-7,9,11H,8,10,12H2,1-2H3,(H,25,32). The minimum Gasteiger partial charge on any atom is -0.355 e. The Balaban J connectivity index is 1.38. The van der Waals surface area contributed by atoms with Crippen LogP contribution in [0.15, 0.2) is 42.7 Å². The number of nitrogens with one attached hydrogen (secondary N) is 1. The largest absolute Gasteiger partial charge is 0.453 e. The molecule has 8 nitrogen and oxygen atoms in total. The van der Waals surface area contributed by atoms with E-state index in [1.54, 1.807) is 24.7 Å². The Bertz CT molecular complexity index is 1250. The molecule has 32 heavy (non-hydrogen) atoms. The van der Waals surface area contributed by atoms with Gasteiger partial charge in [0.05, 0.1) is 12.1 Å². The summed E-state index contributed by atoms with van der Waals surface area (Å²) in [7, 11) is 0. The maximum atomic E-state index is 12.9. The number of halogens is 3. The molecule has 0 aliphatic rings. The average molecular weight is 443 g/mol. The summed E-state index contributed by atoms with van der Waals surface area (Å²) >= 11 is 0. The molecule has 0 fully saturated rings. The molecule has 0 bridgehead atoms. The van der Waals surface area contributed by atoms with Crippen molar-refractivity contribution in [2.45, 2.75) is 32.9 Å². The van der Waals surface area contributed by atoms with Gasteiger partial charge in [0, 0.05) is 35.9 Å². The number of fused-ring (bicyclic) bond motifs is 1. The first-order valence-electron chi connectivity index (χ1n) is 9.88. The number of carbonyl (C=O) groups excluding carboxylic acids is 1. The molecule has 166 valence electrons. The molecule has 1 N–H and O–H groups in total. The van der Waals surface area contributed by atoms with E-state index in [1.165, 1.54) is 0 Å². The lowest BCUT2D eigenvalue weighted by Gasteiger charge is -2.11. The zero-order valence-corrected chi connectivity index (χ0v) is 17.4. The summed E-state index contributed by atoms with van der Waals surface area (Å²) < 4.78 is 41.5. The monoisotopic (exact) mass is 443 g/mol. The molecule has 4 aromatic rings. The molecule has 4 rings (SSSR count). The minimum absolute atomic E-state index is 0.0138. The van der Waals surface area contributed by atoms with Gasteiger partial charge in [-0.05, 0) is 44.0 Å². The van der Waals surface area contributed by atoms with Crippen molar-refractivity contribution in [1.82, 2.24) is 34.7 Å². The number of benzene rings is 1. The van der Waals surface area contributed by atoms with Gasteiger partial charge in [0.25, 0.3) is 11.6 Å². The van der Waals surface area contributed by atoms with Crippen LogP contribution in [0.1, 0.15) is 28.3 Å². The van der Waals surface area contributed by atoms with Gasteiger partial charge in [-0.2, -0.15) is 23.3 Å². The van der Waals surface area contributed by atoms with Crippen molar-refractivity contribution in [3.63, 3.8) is 0 Å². The van der Waals surface area contributed by atoms with Crippen LogP contribution in [0.5, 0.6) is 0 Å². The average Bonchev–Trinajstić information content (AvgIpc) is 3.41. The Morgan fingerprint density at radius 1 is 1.12 bits per heavy atom. The lowest BCUT2D eigenvalue weighted by molar-refractivity contribution is -0.144. The molecule has 3 aromatic heterocycles. The number of carbonyl (C=O) groups is 1. The Labute approximate surface area is 181 Å². The summed E-state index contributed by atoms with van der Waals surface area (Å²) in [6, 6.07) is 9.69. The fourth-order valence-corrected chi connectivity index (χ4v) is 3.39. The van der Waals surface area contributed by atoms with E-state index in [4.69, 9.17) is 0 Å². The molecule has 0 aliphatic heterocycles. The topological polar surface area (TPSA) is 90.0 Å². The highest BCUT2D eigenvalue weighted by molar-refractivity contribution is 5.79. The molecule has 0 radical (unpaired) electrons. The summed E-state index contributed by atoms with van der Waals surface area (Å²) in [5.74, 6) is -1.65. The van der Waals surface area contributed by atoms with E-state index in [2.05, 4.69) is 25.5 Å². The first kappa shape index (κ1) is 21.5. The molecule has 0 aliphatic carbocycles. The van der Waals surface area contributed by atoms with Crippen molar-refractivity contribution in [2.24, 2.45) is 0 Å². The lowest BCUT2D eigenvalue weighted by atomic mass is 10.1. The number of hydrogen-bond acceptors (Lipinski definition) is 5. The van der Waals surface area contributed by atoms with E-state index >= 15 is 0 Å². The molecule has 1 amide bonds. The van der Waals surface area contributed by atoms with Crippen LogP contribution in [-0.2, 0) is 23.8 Å². The summed E-state index contributed by atoms with van der Waals surface area (Å²) in [6.45, 7) is 3.66. The van der Waals surface area contributed by atoms with Crippen molar-refractivity contribution in [3.8, 4) is 5.69 Å². The van der Waals surface area contributed by atoms with Gasteiger partial charge in [-0.25, -0.2) is 14.2 Å². The van der Waals surface area contributed by atoms with Crippen molar-refractivity contribution in [1.29, 1.82) is 0 Å². The smallest absolute Gasteiger partial charge is 0.355 e. The molecule has 0 unspecified atom stereocenters. The van der Waals surface area contributed by atoms with Gasteiger partial charge in [0.1, 0.15) is 0 Å². The maximum absolute atomic E-state index is 12.9.